The lowest BCUT2D eigenvalue weighted by Gasteiger charge is -2.29. The van der Waals surface area contributed by atoms with Gasteiger partial charge in [-0.3, -0.25) is 24.3 Å². The van der Waals surface area contributed by atoms with E-state index in [1.807, 2.05) is 39.8 Å². The molecule has 210 valence electrons. The van der Waals surface area contributed by atoms with Crippen LogP contribution >= 0.6 is 22.9 Å². The summed E-state index contributed by atoms with van der Waals surface area (Å²) < 4.78 is 1.92. The molecule has 1 amide bonds. The van der Waals surface area contributed by atoms with Gasteiger partial charge in [-0.05, 0) is 64.5 Å². The molecular formula is C29H32ClN5O4S. The molecular weight excluding hydrogens is 550 g/mol. The third-order valence-electron chi connectivity index (χ3n) is 7.10. The number of nitro groups is 1. The van der Waals surface area contributed by atoms with Crippen molar-refractivity contribution >= 4 is 46.3 Å². The van der Waals surface area contributed by atoms with Gasteiger partial charge in [0.25, 0.3) is 17.2 Å². The number of hydrogen-bond acceptors (Lipinski definition) is 7. The van der Waals surface area contributed by atoms with Crippen LogP contribution in [0.3, 0.4) is 0 Å². The van der Waals surface area contributed by atoms with Crippen LogP contribution in [0.2, 0.25) is 5.02 Å². The maximum Gasteiger partial charge on any atom is 0.271 e. The van der Waals surface area contributed by atoms with Crippen LogP contribution < -0.4 is 19.8 Å². The summed E-state index contributed by atoms with van der Waals surface area (Å²) in [5.74, 6) is -0.178. The Labute approximate surface area is 241 Å². The number of halogens is 1. The molecule has 9 nitrogen and oxygen atoms in total. The molecule has 0 bridgehead atoms. The second kappa shape index (κ2) is 12.2. The van der Waals surface area contributed by atoms with E-state index >= 15 is 0 Å². The Hall–Kier alpha value is -3.76. The number of carbonyl (C=O) groups excluding carboxylic acids is 1. The van der Waals surface area contributed by atoms with Gasteiger partial charge < -0.3 is 9.80 Å². The molecule has 0 spiro atoms. The lowest BCUT2D eigenvalue weighted by Crippen LogP contribution is -2.43. The summed E-state index contributed by atoms with van der Waals surface area (Å²) in [7, 11) is 0. The molecule has 2 aromatic carbocycles. The SMILES string of the molecule is CCN(CC)C(=O)C1=C(C)N=c2s/c(=C\c3cc([N+](=O)[O-])ccc3N(CC)CC)c(=O)n2[C@@H]1c1ccc(Cl)cc1. The molecule has 1 aliphatic rings. The number of thiazole rings is 1. The first kappa shape index (κ1) is 29.2. The number of anilines is 1. The van der Waals surface area contributed by atoms with Gasteiger partial charge in [0.1, 0.15) is 0 Å². The smallest absolute Gasteiger partial charge is 0.271 e. The molecule has 11 heteroatoms. The van der Waals surface area contributed by atoms with Crippen LogP contribution in [0.4, 0.5) is 11.4 Å². The van der Waals surface area contributed by atoms with Crippen molar-refractivity contribution in [1.29, 1.82) is 0 Å². The van der Waals surface area contributed by atoms with E-state index in [4.69, 9.17) is 16.6 Å². The minimum atomic E-state index is -0.698. The number of nitrogens with zero attached hydrogens (tertiary/aromatic N) is 5. The van der Waals surface area contributed by atoms with Gasteiger partial charge in [-0.15, -0.1) is 0 Å². The third kappa shape index (κ3) is 5.46. The molecule has 0 fully saturated rings. The highest BCUT2D eigenvalue weighted by molar-refractivity contribution is 7.07. The summed E-state index contributed by atoms with van der Waals surface area (Å²) in [6.07, 6.45) is 1.69. The van der Waals surface area contributed by atoms with Crippen LogP contribution in [0.1, 0.15) is 51.8 Å². The van der Waals surface area contributed by atoms with Crippen LogP contribution in [-0.2, 0) is 4.79 Å². The average Bonchev–Trinajstić information content (AvgIpc) is 3.24. The van der Waals surface area contributed by atoms with E-state index in [0.717, 1.165) is 11.3 Å². The number of aromatic nitrogens is 1. The third-order valence-corrected chi connectivity index (χ3v) is 8.34. The highest BCUT2D eigenvalue weighted by Crippen LogP contribution is 2.32. The summed E-state index contributed by atoms with van der Waals surface area (Å²) in [4.78, 5) is 47.8. The number of non-ortho nitro benzene ring substituents is 1. The molecule has 1 aliphatic heterocycles. The molecule has 40 heavy (non-hydrogen) atoms. The van der Waals surface area contributed by atoms with Crippen LogP contribution in [-0.4, -0.2) is 46.5 Å². The van der Waals surface area contributed by atoms with Gasteiger partial charge in [0.05, 0.1) is 26.8 Å². The summed E-state index contributed by atoms with van der Waals surface area (Å²) in [6.45, 7) is 12.1. The zero-order valence-corrected chi connectivity index (χ0v) is 24.8. The fourth-order valence-electron chi connectivity index (χ4n) is 5.00. The number of likely N-dealkylation sites (N-methyl/N-ethyl adjacent to an activating group) is 1. The first-order valence-corrected chi connectivity index (χ1v) is 14.4. The topological polar surface area (TPSA) is 101 Å². The fraction of sp³-hybridized carbons (Fsp3) is 0.345. The van der Waals surface area contributed by atoms with Crippen molar-refractivity contribution in [1.82, 2.24) is 9.47 Å². The predicted octanol–water partition coefficient (Wildman–Crippen LogP) is 4.51. The Morgan fingerprint density at radius 1 is 1.10 bits per heavy atom. The number of fused-ring (bicyclic) bond motifs is 1. The maximum absolute atomic E-state index is 14.1. The second-order valence-electron chi connectivity index (χ2n) is 9.28. The van der Waals surface area contributed by atoms with Gasteiger partial charge in [-0.25, -0.2) is 4.99 Å². The number of carbonyl (C=O) groups is 1. The fourth-order valence-corrected chi connectivity index (χ4v) is 6.16. The van der Waals surface area contributed by atoms with Crippen LogP contribution in [0.15, 0.2) is 63.5 Å². The maximum atomic E-state index is 14.1. The quantitative estimate of drug-likeness (QED) is 0.273. The van der Waals surface area contributed by atoms with E-state index in [1.165, 1.54) is 23.5 Å². The lowest BCUT2D eigenvalue weighted by atomic mass is 9.94. The summed E-state index contributed by atoms with van der Waals surface area (Å²) >= 11 is 7.37. The molecule has 2 heterocycles. The van der Waals surface area contributed by atoms with Gasteiger partial charge in [-0.2, -0.15) is 0 Å². The minimum absolute atomic E-state index is 0.0584. The van der Waals surface area contributed by atoms with E-state index in [1.54, 1.807) is 40.7 Å². The number of rotatable bonds is 9. The Bertz CT molecular complexity index is 1650. The molecule has 0 N–H and O–H groups in total. The van der Waals surface area contributed by atoms with E-state index in [0.29, 0.717) is 57.4 Å². The predicted molar refractivity (Wildman–Crippen MR) is 160 cm³/mol. The Morgan fingerprint density at radius 3 is 2.33 bits per heavy atom. The van der Waals surface area contributed by atoms with Crippen molar-refractivity contribution in [2.75, 3.05) is 31.1 Å². The summed E-state index contributed by atoms with van der Waals surface area (Å²) in [5.41, 5.74) is 2.70. The molecule has 1 aromatic heterocycles. The molecule has 0 saturated heterocycles. The molecule has 0 radical (unpaired) electrons. The van der Waals surface area contributed by atoms with Crippen molar-refractivity contribution in [2.45, 2.75) is 40.7 Å². The molecule has 1 atom stereocenters. The lowest BCUT2D eigenvalue weighted by molar-refractivity contribution is -0.384. The average molecular weight is 582 g/mol. The van der Waals surface area contributed by atoms with Crippen molar-refractivity contribution in [3.63, 3.8) is 0 Å². The van der Waals surface area contributed by atoms with Gasteiger partial charge in [-0.1, -0.05) is 35.1 Å². The zero-order chi connectivity index (χ0) is 29.1. The number of amides is 1. The second-order valence-corrected chi connectivity index (χ2v) is 10.7. The van der Waals surface area contributed by atoms with E-state index in [9.17, 15) is 19.7 Å². The van der Waals surface area contributed by atoms with E-state index in [-0.39, 0.29) is 17.2 Å². The first-order chi connectivity index (χ1) is 19.1. The molecule has 3 aromatic rings. The van der Waals surface area contributed by atoms with Crippen LogP contribution in [0, 0.1) is 10.1 Å². The van der Waals surface area contributed by atoms with Crippen molar-refractivity contribution < 1.29 is 9.72 Å². The Morgan fingerprint density at radius 2 is 1.75 bits per heavy atom. The minimum Gasteiger partial charge on any atom is -0.372 e. The number of benzene rings is 2. The van der Waals surface area contributed by atoms with Crippen LogP contribution in [0.5, 0.6) is 0 Å². The highest BCUT2D eigenvalue weighted by Gasteiger charge is 2.34. The Balaban J connectivity index is 1.99. The largest absolute Gasteiger partial charge is 0.372 e. The molecule has 0 aliphatic carbocycles. The number of hydrogen-bond donors (Lipinski definition) is 0. The van der Waals surface area contributed by atoms with Gasteiger partial charge in [0, 0.05) is 54.6 Å². The Kier molecular flexibility index (Phi) is 8.90. The van der Waals surface area contributed by atoms with Gasteiger partial charge in [0.2, 0.25) is 0 Å². The van der Waals surface area contributed by atoms with Crippen molar-refractivity contribution in [2.24, 2.45) is 4.99 Å². The number of allylic oxidation sites excluding steroid dienone is 1. The van der Waals surface area contributed by atoms with E-state index in [2.05, 4.69) is 4.90 Å². The zero-order valence-electron chi connectivity index (χ0n) is 23.2. The highest BCUT2D eigenvalue weighted by atomic mass is 35.5. The standard InChI is InChI=1S/C29H32ClN5O4S/c1-6-32(7-2)23-15-14-22(35(38)39)16-20(23)17-24-27(36)34-26(19-10-12-21(30)13-11-19)25(18(5)31-29(34)40-24)28(37)33(8-3)9-4/h10-17,26H,6-9H2,1-5H3/b24-17-/t26-/m1/s1. The number of nitro benzene ring substituents is 1. The summed E-state index contributed by atoms with van der Waals surface area (Å²) in [5, 5.41) is 12.1. The van der Waals surface area contributed by atoms with Crippen molar-refractivity contribution in [3.05, 3.63) is 99.7 Å². The van der Waals surface area contributed by atoms with Gasteiger partial charge in [0.15, 0.2) is 4.80 Å². The molecule has 0 saturated carbocycles. The molecule has 4 rings (SSSR count). The van der Waals surface area contributed by atoms with Gasteiger partial charge >= 0.3 is 0 Å². The normalized spacial score (nSPS) is 15.1. The van der Waals surface area contributed by atoms with Crippen molar-refractivity contribution in [3.8, 4) is 0 Å². The first-order valence-electron chi connectivity index (χ1n) is 13.3. The summed E-state index contributed by atoms with van der Waals surface area (Å²) in [6, 6.07) is 11.1. The molecule has 0 unspecified atom stereocenters. The van der Waals surface area contributed by atoms with Crippen LogP contribution in [0.25, 0.3) is 6.08 Å². The monoisotopic (exact) mass is 581 g/mol. The van der Waals surface area contributed by atoms with E-state index < -0.39 is 11.0 Å².